The van der Waals surface area contributed by atoms with Crippen molar-refractivity contribution in [2.45, 2.75) is 45.2 Å². The minimum absolute atomic E-state index is 0.0338. The summed E-state index contributed by atoms with van der Waals surface area (Å²) in [4.78, 5) is 33.4. The Bertz CT molecular complexity index is 1190. The first-order valence-electron chi connectivity index (χ1n) is 12.0. The molecule has 3 aromatic rings. The highest BCUT2D eigenvalue weighted by atomic mass is 16.2. The number of benzene rings is 2. The van der Waals surface area contributed by atoms with Gasteiger partial charge in [-0.3, -0.25) is 9.59 Å². The first-order chi connectivity index (χ1) is 16.5. The zero-order valence-electron chi connectivity index (χ0n) is 19.7. The van der Waals surface area contributed by atoms with E-state index in [1.165, 1.54) is 0 Å². The summed E-state index contributed by atoms with van der Waals surface area (Å²) >= 11 is 0. The predicted molar refractivity (Wildman–Crippen MR) is 135 cm³/mol. The highest BCUT2D eigenvalue weighted by Crippen LogP contribution is 2.41. The summed E-state index contributed by atoms with van der Waals surface area (Å²) in [6, 6.07) is 20.1. The maximum Gasteiger partial charge on any atom is 0.253 e. The van der Waals surface area contributed by atoms with E-state index in [1.54, 1.807) is 13.1 Å². The number of carbonyl (C=O) groups excluding carboxylic acids is 2. The lowest BCUT2D eigenvalue weighted by atomic mass is 9.89. The number of anilines is 2. The van der Waals surface area contributed by atoms with Crippen LogP contribution in [0.5, 0.6) is 0 Å². The van der Waals surface area contributed by atoms with Gasteiger partial charge in [-0.15, -0.1) is 0 Å². The Hall–Kier alpha value is -3.67. The van der Waals surface area contributed by atoms with E-state index in [1.807, 2.05) is 58.3 Å². The van der Waals surface area contributed by atoms with E-state index in [9.17, 15) is 9.59 Å². The Morgan fingerprint density at radius 1 is 0.971 bits per heavy atom. The number of amides is 2. The van der Waals surface area contributed by atoms with Crippen molar-refractivity contribution < 1.29 is 9.59 Å². The van der Waals surface area contributed by atoms with Crippen molar-refractivity contribution in [3.63, 3.8) is 0 Å². The standard InChI is InChI=1S/C28H30N4O2/c1-19-17-25(30-27-7-3-4-14-29-27)24-18-23(12-13-26(24)32(19)20(2)33)21-8-10-22(11-9-21)28(34)31-15-5-6-16-31/h3-4,7-14,18-19,25H,5-6,15-17H2,1-2H3,(H,29,30)/t19-,25+/m0/s1. The molecule has 174 valence electrons. The molecule has 5 rings (SSSR count). The van der Waals surface area contributed by atoms with Gasteiger partial charge < -0.3 is 15.1 Å². The molecule has 6 nitrogen and oxygen atoms in total. The number of nitrogens with one attached hydrogen (secondary N) is 1. The van der Waals surface area contributed by atoms with Crippen molar-refractivity contribution >= 4 is 23.3 Å². The van der Waals surface area contributed by atoms with Gasteiger partial charge in [0.25, 0.3) is 5.91 Å². The van der Waals surface area contributed by atoms with Gasteiger partial charge in [0.05, 0.1) is 6.04 Å². The molecule has 2 aromatic carbocycles. The molecule has 2 aliphatic rings. The Morgan fingerprint density at radius 3 is 2.38 bits per heavy atom. The van der Waals surface area contributed by atoms with E-state index in [0.29, 0.717) is 0 Å². The first kappa shape index (κ1) is 22.1. The van der Waals surface area contributed by atoms with Crippen LogP contribution in [-0.2, 0) is 4.79 Å². The highest BCUT2D eigenvalue weighted by molar-refractivity contribution is 5.95. The summed E-state index contributed by atoms with van der Waals surface area (Å²) in [6.45, 7) is 5.40. The van der Waals surface area contributed by atoms with Gasteiger partial charge >= 0.3 is 0 Å². The summed E-state index contributed by atoms with van der Waals surface area (Å²) in [5.74, 6) is 0.972. The molecule has 1 fully saturated rings. The van der Waals surface area contributed by atoms with Crippen LogP contribution in [0.4, 0.5) is 11.5 Å². The molecule has 2 atom stereocenters. The highest BCUT2D eigenvalue weighted by Gasteiger charge is 2.32. The molecular formula is C28H30N4O2. The number of likely N-dealkylation sites (tertiary alicyclic amines) is 1. The molecule has 0 aliphatic carbocycles. The Morgan fingerprint density at radius 2 is 1.71 bits per heavy atom. The number of aromatic nitrogens is 1. The van der Waals surface area contributed by atoms with E-state index in [4.69, 9.17) is 0 Å². The lowest BCUT2D eigenvalue weighted by Crippen LogP contribution is -2.43. The third kappa shape index (κ3) is 4.28. The summed E-state index contributed by atoms with van der Waals surface area (Å²) < 4.78 is 0. The fourth-order valence-electron chi connectivity index (χ4n) is 5.19. The number of carbonyl (C=O) groups is 2. The molecule has 6 heteroatoms. The van der Waals surface area contributed by atoms with Crippen LogP contribution in [0.2, 0.25) is 0 Å². The summed E-state index contributed by atoms with van der Waals surface area (Å²) in [5.41, 5.74) is 4.85. The fourth-order valence-corrected chi connectivity index (χ4v) is 5.19. The van der Waals surface area contributed by atoms with Crippen molar-refractivity contribution in [1.29, 1.82) is 0 Å². The Balaban J connectivity index is 1.47. The molecule has 0 radical (unpaired) electrons. The van der Waals surface area contributed by atoms with Gasteiger partial charge in [0.15, 0.2) is 0 Å². The van der Waals surface area contributed by atoms with Crippen molar-refractivity contribution in [3.05, 3.63) is 78.0 Å². The molecule has 0 spiro atoms. The van der Waals surface area contributed by atoms with E-state index < -0.39 is 0 Å². The van der Waals surface area contributed by atoms with E-state index in [-0.39, 0.29) is 23.9 Å². The maximum atomic E-state index is 12.7. The van der Waals surface area contributed by atoms with Crippen LogP contribution in [0.25, 0.3) is 11.1 Å². The third-order valence-electron chi connectivity index (χ3n) is 6.86. The van der Waals surface area contributed by atoms with Gasteiger partial charge in [-0.1, -0.05) is 24.3 Å². The molecule has 2 aliphatic heterocycles. The SMILES string of the molecule is CC(=O)N1c2ccc(-c3ccc(C(=O)N4CCCC4)cc3)cc2[C@H](Nc2ccccn2)C[C@@H]1C. The largest absolute Gasteiger partial charge is 0.363 e. The number of pyridine rings is 1. The number of fused-ring (bicyclic) bond motifs is 1. The second-order valence-corrected chi connectivity index (χ2v) is 9.24. The average molecular weight is 455 g/mol. The van der Waals surface area contributed by atoms with Gasteiger partial charge in [0.2, 0.25) is 5.91 Å². The quantitative estimate of drug-likeness (QED) is 0.582. The fraction of sp³-hybridized carbons (Fsp3) is 0.321. The van der Waals surface area contributed by atoms with Crippen molar-refractivity contribution in [1.82, 2.24) is 9.88 Å². The topological polar surface area (TPSA) is 65.5 Å². The van der Waals surface area contributed by atoms with Crippen LogP contribution in [0, 0.1) is 0 Å². The molecule has 2 amide bonds. The molecular weight excluding hydrogens is 424 g/mol. The van der Waals surface area contributed by atoms with E-state index in [2.05, 4.69) is 29.4 Å². The molecule has 3 heterocycles. The third-order valence-corrected chi connectivity index (χ3v) is 6.86. The van der Waals surface area contributed by atoms with Gasteiger partial charge in [-0.25, -0.2) is 4.98 Å². The Labute approximate surface area is 200 Å². The van der Waals surface area contributed by atoms with Crippen LogP contribution in [-0.4, -0.2) is 40.8 Å². The lowest BCUT2D eigenvalue weighted by Gasteiger charge is -2.39. The molecule has 34 heavy (non-hydrogen) atoms. The van der Waals surface area contributed by atoms with Crippen LogP contribution in [0.1, 0.15) is 55.1 Å². The molecule has 0 bridgehead atoms. The zero-order valence-corrected chi connectivity index (χ0v) is 19.7. The van der Waals surface area contributed by atoms with Crippen LogP contribution >= 0.6 is 0 Å². The molecule has 0 saturated carbocycles. The van der Waals surface area contributed by atoms with E-state index >= 15 is 0 Å². The summed E-state index contributed by atoms with van der Waals surface area (Å²) in [5, 5.41) is 3.56. The van der Waals surface area contributed by atoms with Gasteiger partial charge in [0.1, 0.15) is 5.82 Å². The van der Waals surface area contributed by atoms with Crippen LogP contribution in [0.15, 0.2) is 66.9 Å². The van der Waals surface area contributed by atoms with Crippen LogP contribution in [0.3, 0.4) is 0 Å². The average Bonchev–Trinajstić information content (AvgIpc) is 3.39. The smallest absolute Gasteiger partial charge is 0.253 e. The lowest BCUT2D eigenvalue weighted by molar-refractivity contribution is -0.117. The summed E-state index contributed by atoms with van der Waals surface area (Å²) in [7, 11) is 0. The number of rotatable bonds is 4. The second kappa shape index (κ2) is 9.29. The van der Waals surface area contributed by atoms with Gasteiger partial charge in [0, 0.05) is 43.5 Å². The zero-order chi connectivity index (χ0) is 23.7. The van der Waals surface area contributed by atoms with Crippen molar-refractivity contribution in [3.8, 4) is 11.1 Å². The van der Waals surface area contributed by atoms with Crippen molar-refractivity contribution in [2.75, 3.05) is 23.3 Å². The molecule has 1 saturated heterocycles. The van der Waals surface area contributed by atoms with Gasteiger partial charge in [-0.05, 0) is 79.3 Å². The van der Waals surface area contributed by atoms with Crippen LogP contribution < -0.4 is 10.2 Å². The molecule has 0 unspecified atom stereocenters. The molecule has 1 N–H and O–H groups in total. The Kier molecular flexibility index (Phi) is 6.05. The predicted octanol–water partition coefficient (Wildman–Crippen LogP) is 5.28. The minimum Gasteiger partial charge on any atom is -0.363 e. The maximum absolute atomic E-state index is 12.7. The number of hydrogen-bond acceptors (Lipinski definition) is 4. The number of hydrogen-bond donors (Lipinski definition) is 1. The first-order valence-corrected chi connectivity index (χ1v) is 12.0. The monoisotopic (exact) mass is 454 g/mol. The number of nitrogens with zero attached hydrogens (tertiary/aromatic N) is 3. The molecule has 1 aromatic heterocycles. The second-order valence-electron chi connectivity index (χ2n) is 9.24. The normalized spacial score (nSPS) is 19.6. The van der Waals surface area contributed by atoms with Crippen molar-refractivity contribution in [2.24, 2.45) is 0 Å². The van der Waals surface area contributed by atoms with Gasteiger partial charge in [-0.2, -0.15) is 0 Å². The minimum atomic E-state index is 0.0338. The summed E-state index contributed by atoms with van der Waals surface area (Å²) in [6.07, 6.45) is 4.74. The van der Waals surface area contributed by atoms with E-state index in [0.717, 1.165) is 66.1 Å².